The molecule has 1 saturated heterocycles. The highest BCUT2D eigenvalue weighted by molar-refractivity contribution is 5.81. The fraction of sp³-hybridized carbons (Fsp3) is 0.471. The zero-order valence-electron chi connectivity index (χ0n) is 12.3. The van der Waals surface area contributed by atoms with Gasteiger partial charge in [0, 0.05) is 36.8 Å². The van der Waals surface area contributed by atoms with Gasteiger partial charge in [-0.25, -0.2) is 0 Å². The summed E-state index contributed by atoms with van der Waals surface area (Å²) in [6.07, 6.45) is 3.12. The van der Waals surface area contributed by atoms with E-state index in [1.54, 1.807) is 0 Å². The molecule has 3 nitrogen and oxygen atoms in total. The lowest BCUT2D eigenvalue weighted by molar-refractivity contribution is 0.268. The van der Waals surface area contributed by atoms with E-state index in [-0.39, 0.29) is 0 Å². The van der Waals surface area contributed by atoms with Gasteiger partial charge in [-0.15, -0.1) is 0 Å². The van der Waals surface area contributed by atoms with Crippen LogP contribution in [0.4, 0.5) is 0 Å². The van der Waals surface area contributed by atoms with E-state index < -0.39 is 0 Å². The number of pyridine rings is 1. The second kappa shape index (κ2) is 5.90. The molecule has 1 aromatic carbocycles. The molecule has 1 fully saturated rings. The van der Waals surface area contributed by atoms with E-state index in [9.17, 15) is 0 Å². The van der Waals surface area contributed by atoms with Gasteiger partial charge in [-0.05, 0) is 38.4 Å². The third kappa shape index (κ3) is 2.84. The number of hydrogen-bond acceptors (Lipinski definition) is 3. The number of aromatic nitrogens is 1. The Morgan fingerprint density at radius 2 is 2.15 bits per heavy atom. The highest BCUT2D eigenvalue weighted by Crippen LogP contribution is 2.17. The number of benzene rings is 1. The van der Waals surface area contributed by atoms with Gasteiger partial charge in [-0.1, -0.05) is 24.3 Å². The van der Waals surface area contributed by atoms with Crippen LogP contribution in [0.1, 0.15) is 25.8 Å². The Bertz CT molecular complexity index is 574. The van der Waals surface area contributed by atoms with E-state index in [4.69, 9.17) is 0 Å². The summed E-state index contributed by atoms with van der Waals surface area (Å²) in [4.78, 5) is 7.06. The zero-order chi connectivity index (χ0) is 13.9. The van der Waals surface area contributed by atoms with E-state index >= 15 is 0 Å². The number of nitrogens with zero attached hydrogens (tertiary/aromatic N) is 2. The average molecular weight is 269 g/mol. The molecule has 0 aliphatic carbocycles. The van der Waals surface area contributed by atoms with Crippen molar-refractivity contribution in [3.8, 4) is 0 Å². The third-order valence-corrected chi connectivity index (χ3v) is 4.25. The topological polar surface area (TPSA) is 28.2 Å². The van der Waals surface area contributed by atoms with Gasteiger partial charge in [-0.2, -0.15) is 0 Å². The van der Waals surface area contributed by atoms with Crippen LogP contribution < -0.4 is 5.32 Å². The predicted molar refractivity (Wildman–Crippen MR) is 83.7 cm³/mol. The van der Waals surface area contributed by atoms with Crippen molar-refractivity contribution < 1.29 is 0 Å². The lowest BCUT2D eigenvalue weighted by Crippen LogP contribution is -2.34. The number of fused-ring (bicyclic) bond motifs is 1. The van der Waals surface area contributed by atoms with Crippen molar-refractivity contribution in [2.24, 2.45) is 0 Å². The van der Waals surface area contributed by atoms with Gasteiger partial charge in [0.1, 0.15) is 0 Å². The molecule has 0 radical (unpaired) electrons. The Morgan fingerprint density at radius 1 is 1.30 bits per heavy atom. The molecule has 20 heavy (non-hydrogen) atoms. The quantitative estimate of drug-likeness (QED) is 0.925. The molecule has 1 unspecified atom stereocenters. The minimum Gasteiger partial charge on any atom is -0.309 e. The van der Waals surface area contributed by atoms with Crippen LogP contribution in [0.3, 0.4) is 0 Å². The van der Waals surface area contributed by atoms with Gasteiger partial charge in [-0.3, -0.25) is 9.88 Å². The molecule has 0 bridgehead atoms. The van der Waals surface area contributed by atoms with Crippen LogP contribution in [0.5, 0.6) is 0 Å². The van der Waals surface area contributed by atoms with Crippen LogP contribution >= 0.6 is 0 Å². The fourth-order valence-corrected chi connectivity index (χ4v) is 2.99. The van der Waals surface area contributed by atoms with Gasteiger partial charge in [0.2, 0.25) is 0 Å². The summed E-state index contributed by atoms with van der Waals surface area (Å²) in [5, 5.41) is 4.92. The number of rotatable bonds is 4. The van der Waals surface area contributed by atoms with Crippen LogP contribution in [-0.4, -0.2) is 35.1 Å². The van der Waals surface area contributed by atoms with Gasteiger partial charge in [0.25, 0.3) is 0 Å². The molecule has 1 N–H and O–H groups in total. The van der Waals surface area contributed by atoms with Crippen LogP contribution in [0, 0.1) is 0 Å². The van der Waals surface area contributed by atoms with Gasteiger partial charge in [0.15, 0.2) is 0 Å². The monoisotopic (exact) mass is 269 g/mol. The highest BCUT2D eigenvalue weighted by atomic mass is 15.2. The maximum absolute atomic E-state index is 4.52. The van der Waals surface area contributed by atoms with Crippen molar-refractivity contribution >= 4 is 10.9 Å². The fourth-order valence-electron chi connectivity index (χ4n) is 2.99. The summed E-state index contributed by atoms with van der Waals surface area (Å²) in [7, 11) is 0. The minimum atomic E-state index is 0.608. The normalized spacial score (nSPS) is 20.1. The summed E-state index contributed by atoms with van der Waals surface area (Å²) in [5.74, 6) is 0. The van der Waals surface area contributed by atoms with Crippen molar-refractivity contribution in [3.05, 3.63) is 42.1 Å². The summed E-state index contributed by atoms with van der Waals surface area (Å²) in [5.41, 5.74) is 2.42. The molecule has 0 amide bonds. The van der Waals surface area contributed by atoms with Crippen molar-refractivity contribution in [3.63, 3.8) is 0 Å². The Labute approximate surface area is 121 Å². The Morgan fingerprint density at radius 3 is 2.95 bits per heavy atom. The first-order chi connectivity index (χ1) is 9.74. The number of nitrogens with one attached hydrogen (secondary N) is 1. The lowest BCUT2D eigenvalue weighted by atomic mass is 10.1. The van der Waals surface area contributed by atoms with Crippen molar-refractivity contribution in [2.45, 2.75) is 38.9 Å². The van der Waals surface area contributed by atoms with E-state index in [1.807, 2.05) is 12.3 Å². The number of para-hydroxylation sites is 1. The van der Waals surface area contributed by atoms with Crippen molar-refractivity contribution in [2.75, 3.05) is 13.1 Å². The molecule has 3 heteroatoms. The van der Waals surface area contributed by atoms with Crippen molar-refractivity contribution in [1.29, 1.82) is 0 Å². The molecule has 1 aliphatic rings. The van der Waals surface area contributed by atoms with Crippen LogP contribution in [0.25, 0.3) is 10.9 Å². The lowest BCUT2D eigenvalue weighted by Gasteiger charge is -2.20. The molecule has 2 aromatic rings. The first-order valence-corrected chi connectivity index (χ1v) is 7.54. The average Bonchev–Trinajstić information content (AvgIpc) is 2.94. The van der Waals surface area contributed by atoms with Crippen LogP contribution in [-0.2, 0) is 6.54 Å². The Hall–Kier alpha value is -1.45. The maximum Gasteiger partial charge on any atom is 0.0746 e. The van der Waals surface area contributed by atoms with Crippen LogP contribution in [0.15, 0.2) is 36.5 Å². The molecule has 1 atom stereocenters. The first kappa shape index (κ1) is 13.5. The summed E-state index contributed by atoms with van der Waals surface area (Å²) < 4.78 is 0. The van der Waals surface area contributed by atoms with E-state index in [2.05, 4.69) is 53.3 Å². The zero-order valence-corrected chi connectivity index (χ0v) is 12.3. The van der Waals surface area contributed by atoms with Crippen LogP contribution in [0.2, 0.25) is 0 Å². The molecule has 106 valence electrons. The summed E-state index contributed by atoms with van der Waals surface area (Å²) in [6, 6.07) is 11.8. The SMILES string of the molecule is CC(C)N1CCC(NCc2cccc3cccnc23)C1. The molecule has 1 aromatic heterocycles. The standard InChI is InChI=1S/C17H23N3/c1-13(2)20-10-8-16(12-20)19-11-15-6-3-5-14-7-4-9-18-17(14)15/h3-7,9,13,16,19H,8,10-12H2,1-2H3. The predicted octanol–water partition coefficient (Wildman–Crippen LogP) is 2.81. The maximum atomic E-state index is 4.52. The molecule has 1 aliphatic heterocycles. The Balaban J connectivity index is 1.66. The molecule has 0 spiro atoms. The highest BCUT2D eigenvalue weighted by Gasteiger charge is 2.23. The summed E-state index contributed by atoms with van der Waals surface area (Å²) in [6.45, 7) is 7.83. The smallest absolute Gasteiger partial charge is 0.0746 e. The largest absolute Gasteiger partial charge is 0.309 e. The summed E-state index contributed by atoms with van der Waals surface area (Å²) >= 11 is 0. The molecule has 2 heterocycles. The van der Waals surface area contributed by atoms with E-state index in [0.29, 0.717) is 12.1 Å². The molecular formula is C17H23N3. The molecular weight excluding hydrogens is 246 g/mol. The van der Waals surface area contributed by atoms with Gasteiger partial charge < -0.3 is 5.32 Å². The second-order valence-electron chi connectivity index (χ2n) is 5.95. The number of likely N-dealkylation sites (tertiary alicyclic amines) is 1. The van der Waals surface area contributed by atoms with Crippen molar-refractivity contribution in [1.82, 2.24) is 15.2 Å². The minimum absolute atomic E-state index is 0.608. The Kier molecular flexibility index (Phi) is 3.99. The molecule has 3 rings (SSSR count). The van der Waals surface area contributed by atoms with E-state index in [1.165, 1.54) is 23.9 Å². The van der Waals surface area contributed by atoms with Gasteiger partial charge in [0.05, 0.1) is 5.52 Å². The van der Waals surface area contributed by atoms with E-state index in [0.717, 1.165) is 18.6 Å². The number of hydrogen-bond donors (Lipinski definition) is 1. The molecule has 0 saturated carbocycles. The van der Waals surface area contributed by atoms with Gasteiger partial charge >= 0.3 is 0 Å². The first-order valence-electron chi connectivity index (χ1n) is 7.54. The second-order valence-corrected chi connectivity index (χ2v) is 5.95. The third-order valence-electron chi connectivity index (χ3n) is 4.25.